The minimum absolute atomic E-state index is 0.0138. The number of hydrogen-bond acceptors (Lipinski definition) is 7. The lowest BCUT2D eigenvalue weighted by Gasteiger charge is -2.15. The zero-order chi connectivity index (χ0) is 32.7. The third-order valence-electron chi connectivity index (χ3n) is 7.40. The van der Waals surface area contributed by atoms with Gasteiger partial charge in [-0.15, -0.1) is 0 Å². The van der Waals surface area contributed by atoms with Gasteiger partial charge < -0.3 is 36.7 Å². The number of unbranched alkanes of at least 4 members (excludes halogenated alkanes) is 1. The lowest BCUT2D eigenvalue weighted by molar-refractivity contribution is -0.139. The Kier molecular flexibility index (Phi) is 12.7. The number of rotatable bonds is 19. The highest BCUT2D eigenvalue weighted by atomic mass is 16.5. The first kappa shape index (κ1) is 33.7. The van der Waals surface area contributed by atoms with Crippen LogP contribution >= 0.6 is 0 Å². The summed E-state index contributed by atoms with van der Waals surface area (Å²) in [7, 11) is 0. The minimum Gasteiger partial charge on any atom is -0.489 e. The molecule has 9 N–H and O–H groups in total. The van der Waals surface area contributed by atoms with Crippen molar-refractivity contribution in [1.29, 1.82) is 10.8 Å². The molecule has 0 aromatic heterocycles. The van der Waals surface area contributed by atoms with Crippen molar-refractivity contribution < 1.29 is 19.4 Å². The Bertz CT molecular complexity index is 1590. The Balaban J connectivity index is 1.13. The van der Waals surface area contributed by atoms with Gasteiger partial charge in [0.1, 0.15) is 42.4 Å². The van der Waals surface area contributed by atoms with Gasteiger partial charge in [0, 0.05) is 24.2 Å². The monoisotopic (exact) mass is 622 g/mol. The van der Waals surface area contributed by atoms with E-state index >= 15 is 0 Å². The second-order valence-electron chi connectivity index (χ2n) is 11.0. The van der Waals surface area contributed by atoms with E-state index in [1.807, 2.05) is 48.5 Å². The van der Waals surface area contributed by atoms with E-state index in [4.69, 9.17) is 31.8 Å². The maximum absolute atomic E-state index is 11.9. The number of amidine groups is 2. The predicted molar refractivity (Wildman–Crippen MR) is 180 cm³/mol. The molecule has 1 atom stereocenters. The van der Waals surface area contributed by atoms with Gasteiger partial charge in [-0.1, -0.05) is 55.0 Å². The molecule has 0 bridgehead atoms. The van der Waals surface area contributed by atoms with Crippen LogP contribution in [0.2, 0.25) is 0 Å². The van der Waals surface area contributed by atoms with Crippen LogP contribution in [-0.2, 0) is 31.1 Å². The number of aliphatic carboxylic acids is 1. The molecule has 0 saturated heterocycles. The lowest BCUT2D eigenvalue weighted by Crippen LogP contribution is -2.36. The summed E-state index contributed by atoms with van der Waals surface area (Å²) in [4.78, 5) is 11.9. The number of nitrogens with one attached hydrogen (secondary N) is 4. The van der Waals surface area contributed by atoms with Crippen LogP contribution < -0.4 is 31.6 Å². The van der Waals surface area contributed by atoms with Gasteiger partial charge in [-0.3, -0.25) is 15.6 Å². The van der Waals surface area contributed by atoms with Crippen LogP contribution in [0.3, 0.4) is 0 Å². The van der Waals surface area contributed by atoms with Crippen molar-refractivity contribution in [3.05, 3.63) is 130 Å². The van der Waals surface area contributed by atoms with E-state index in [1.54, 1.807) is 36.4 Å². The first-order valence-electron chi connectivity index (χ1n) is 15.2. The smallest absolute Gasteiger partial charge is 0.320 e. The number of hydrogen-bond donors (Lipinski definition) is 7. The number of nitrogens with two attached hydrogens (primary N) is 2. The van der Waals surface area contributed by atoms with Crippen molar-refractivity contribution >= 4 is 17.6 Å². The minimum atomic E-state index is -0.852. The van der Waals surface area contributed by atoms with Crippen molar-refractivity contribution in [2.75, 3.05) is 6.54 Å². The molecule has 1 unspecified atom stereocenters. The van der Waals surface area contributed by atoms with E-state index in [1.165, 1.54) is 0 Å². The Labute approximate surface area is 269 Å². The molecule has 4 aromatic rings. The molecule has 4 aromatic carbocycles. The Morgan fingerprint density at radius 1 is 0.696 bits per heavy atom. The van der Waals surface area contributed by atoms with E-state index in [0.717, 1.165) is 47.4 Å². The van der Waals surface area contributed by atoms with Crippen LogP contribution in [0.25, 0.3) is 0 Å². The average molecular weight is 623 g/mol. The molecule has 240 valence electrons. The molecule has 0 aliphatic rings. The highest BCUT2D eigenvalue weighted by Crippen LogP contribution is 2.16. The van der Waals surface area contributed by atoms with E-state index in [9.17, 15) is 9.90 Å². The number of carboxylic acid groups (broad SMARTS) is 1. The summed E-state index contributed by atoms with van der Waals surface area (Å²) in [6.45, 7) is 2.76. The van der Waals surface area contributed by atoms with E-state index < -0.39 is 12.0 Å². The van der Waals surface area contributed by atoms with Gasteiger partial charge in [0.2, 0.25) is 0 Å². The van der Waals surface area contributed by atoms with Crippen molar-refractivity contribution in [2.45, 2.75) is 51.6 Å². The van der Waals surface area contributed by atoms with Gasteiger partial charge in [-0.25, -0.2) is 0 Å². The number of benzene rings is 4. The van der Waals surface area contributed by atoms with Crippen LogP contribution in [0.4, 0.5) is 0 Å². The first-order chi connectivity index (χ1) is 22.3. The SMILES string of the molecule is N=C(N)c1ccc(OCc2cccc(CNCCCCC(NCc3cccc(COc4ccc(C(=N)N)cc4)c3)C(=O)O)c2)cc1. The van der Waals surface area contributed by atoms with Gasteiger partial charge in [0.05, 0.1) is 0 Å². The Morgan fingerprint density at radius 3 is 1.65 bits per heavy atom. The third kappa shape index (κ3) is 11.1. The van der Waals surface area contributed by atoms with Crippen LogP contribution in [0.15, 0.2) is 97.1 Å². The molecule has 0 radical (unpaired) electrons. The van der Waals surface area contributed by atoms with Gasteiger partial charge in [0.25, 0.3) is 0 Å². The molecule has 0 heterocycles. The van der Waals surface area contributed by atoms with Crippen LogP contribution in [0.1, 0.15) is 52.6 Å². The highest BCUT2D eigenvalue weighted by Gasteiger charge is 2.16. The van der Waals surface area contributed by atoms with Gasteiger partial charge in [-0.2, -0.15) is 0 Å². The zero-order valence-corrected chi connectivity index (χ0v) is 25.8. The fraction of sp³-hybridized carbons (Fsp3) is 0.250. The molecule has 0 aliphatic heterocycles. The number of carboxylic acids is 1. The number of ether oxygens (including phenoxy) is 2. The molecular formula is C36H42N6O4. The molecule has 10 heteroatoms. The summed E-state index contributed by atoms with van der Waals surface area (Å²) in [5, 5.41) is 31.4. The highest BCUT2D eigenvalue weighted by molar-refractivity contribution is 5.95. The van der Waals surface area contributed by atoms with Crippen molar-refractivity contribution in [3.8, 4) is 11.5 Å². The van der Waals surface area contributed by atoms with Crippen molar-refractivity contribution in [1.82, 2.24) is 10.6 Å². The number of nitrogen functional groups attached to an aromatic ring is 2. The van der Waals surface area contributed by atoms with E-state index in [0.29, 0.717) is 49.6 Å². The topological polar surface area (TPSA) is 180 Å². The second kappa shape index (κ2) is 17.3. The van der Waals surface area contributed by atoms with Gasteiger partial charge >= 0.3 is 5.97 Å². The van der Waals surface area contributed by atoms with Gasteiger partial charge in [0.15, 0.2) is 0 Å². The second-order valence-corrected chi connectivity index (χ2v) is 11.0. The standard InChI is InChI=1S/C36H42N6O4/c37-34(38)29-10-14-31(15-11-29)45-23-27-7-3-5-25(19-27)21-41-18-2-1-9-33(36(43)44)42-22-26-6-4-8-28(20-26)24-46-32-16-12-30(13-17-32)35(39)40/h3-8,10-17,19-20,33,41-42H,1-2,9,18,21-24H2,(H3,37,38)(H3,39,40)(H,43,44). The Hall–Kier alpha value is -5.19. The van der Waals surface area contributed by atoms with E-state index in [-0.39, 0.29) is 11.7 Å². The molecule has 0 saturated carbocycles. The quantitative estimate of drug-likeness (QED) is 0.0437. The van der Waals surface area contributed by atoms with Crippen LogP contribution in [0, 0.1) is 10.8 Å². The fourth-order valence-corrected chi connectivity index (χ4v) is 4.84. The Morgan fingerprint density at radius 2 is 1.17 bits per heavy atom. The van der Waals surface area contributed by atoms with Gasteiger partial charge in [-0.05, 0) is 90.2 Å². The molecule has 0 spiro atoms. The molecule has 0 amide bonds. The third-order valence-corrected chi connectivity index (χ3v) is 7.40. The normalized spacial score (nSPS) is 11.5. The predicted octanol–water partition coefficient (Wildman–Crippen LogP) is 4.92. The summed E-state index contributed by atoms with van der Waals surface area (Å²) in [5.74, 6) is 0.593. The zero-order valence-electron chi connectivity index (χ0n) is 25.8. The first-order valence-corrected chi connectivity index (χ1v) is 15.2. The summed E-state index contributed by atoms with van der Waals surface area (Å²) in [6, 6.07) is 29.7. The van der Waals surface area contributed by atoms with E-state index in [2.05, 4.69) is 22.8 Å². The molecular weight excluding hydrogens is 580 g/mol. The van der Waals surface area contributed by atoms with Crippen LogP contribution in [0.5, 0.6) is 11.5 Å². The molecule has 0 fully saturated rings. The largest absolute Gasteiger partial charge is 0.489 e. The van der Waals surface area contributed by atoms with Crippen molar-refractivity contribution in [3.63, 3.8) is 0 Å². The lowest BCUT2D eigenvalue weighted by atomic mass is 10.1. The summed E-state index contributed by atoms with van der Waals surface area (Å²) in [6.07, 6.45) is 2.19. The van der Waals surface area contributed by atoms with Crippen molar-refractivity contribution in [2.24, 2.45) is 11.5 Å². The molecule has 46 heavy (non-hydrogen) atoms. The summed E-state index contributed by atoms with van der Waals surface area (Å²) in [5.41, 5.74) is 16.5. The summed E-state index contributed by atoms with van der Waals surface area (Å²) < 4.78 is 11.7. The maximum Gasteiger partial charge on any atom is 0.320 e. The molecule has 10 nitrogen and oxygen atoms in total. The summed E-state index contributed by atoms with van der Waals surface area (Å²) >= 11 is 0. The van der Waals surface area contributed by atoms with Crippen LogP contribution in [-0.4, -0.2) is 35.3 Å². The molecule has 0 aliphatic carbocycles. The number of carbonyl (C=O) groups is 1. The average Bonchev–Trinajstić information content (AvgIpc) is 3.06. The maximum atomic E-state index is 11.9. The fourth-order valence-electron chi connectivity index (χ4n) is 4.84. The molecule has 4 rings (SSSR count).